The van der Waals surface area contributed by atoms with Crippen LogP contribution in [0, 0.1) is 0 Å². The summed E-state index contributed by atoms with van der Waals surface area (Å²) in [5, 5.41) is 57.4. The van der Waals surface area contributed by atoms with Gasteiger partial charge in [0.15, 0.2) is 0 Å². The van der Waals surface area contributed by atoms with Crippen LogP contribution in [0.3, 0.4) is 0 Å². The first kappa shape index (κ1) is 100. The Balaban J connectivity index is 0.000000142. The molecular weight excluding hydrogens is 1840 g/mol. The van der Waals surface area contributed by atoms with Crippen molar-refractivity contribution in [3.63, 3.8) is 0 Å². The molecule has 0 atom stereocenters. The lowest BCUT2D eigenvalue weighted by atomic mass is 9.97. The van der Waals surface area contributed by atoms with Crippen molar-refractivity contribution in [3.05, 3.63) is 249 Å². The zero-order chi connectivity index (χ0) is 99.8. The Labute approximate surface area is 795 Å². The predicted molar refractivity (Wildman–Crippen MR) is 506 cm³/mol. The molecule has 13 aromatic rings. The number of pyridine rings is 1. The van der Waals surface area contributed by atoms with E-state index >= 15 is 0 Å². The Kier molecular flexibility index (Phi) is 30.5. The third kappa shape index (κ3) is 22.2. The number of ether oxygens (including phenoxy) is 1. The van der Waals surface area contributed by atoms with E-state index < -0.39 is 71.8 Å². The number of aryl methyl sites for hydroxylation is 4. The van der Waals surface area contributed by atoms with E-state index in [1.807, 2.05) is 67.8 Å². The maximum atomic E-state index is 13.3. The number of aliphatic hydroxyl groups is 5. The monoisotopic (exact) mass is 1940 g/mol. The predicted octanol–water partition coefficient (Wildman–Crippen LogP) is 15.2. The Morgan fingerprint density at radius 1 is 0.450 bits per heavy atom. The zero-order valence-electron chi connectivity index (χ0n) is 76.6. The van der Waals surface area contributed by atoms with Gasteiger partial charge in [-0.2, -0.15) is 13.2 Å². The van der Waals surface area contributed by atoms with Gasteiger partial charge in [-0.1, -0.05) is 48.5 Å². The molecule has 1 spiro atoms. The van der Waals surface area contributed by atoms with Gasteiger partial charge in [-0.05, 0) is 213 Å². The van der Waals surface area contributed by atoms with Gasteiger partial charge < -0.3 is 58.3 Å². The number of anilines is 7. The molecule has 2 aliphatic carbocycles. The molecule has 0 bridgehead atoms. The third-order valence-corrected chi connectivity index (χ3v) is 24.9. The molecule has 8 aromatic carbocycles. The first-order chi connectivity index (χ1) is 67.0. The highest BCUT2D eigenvalue weighted by atomic mass is 19.4. The minimum atomic E-state index is -4.57. The van der Waals surface area contributed by atoms with Gasteiger partial charge in [0.05, 0.1) is 90.8 Å². The second-order valence-electron chi connectivity index (χ2n) is 35.4. The number of nitrogens with zero attached hydrogens (tertiary/aromatic N) is 14. The molecule has 8 heterocycles. The Morgan fingerprint density at radius 3 is 1.22 bits per heavy atom. The van der Waals surface area contributed by atoms with Crippen LogP contribution in [-0.2, 0) is 46.7 Å². The van der Waals surface area contributed by atoms with E-state index in [9.17, 15) is 103 Å². The lowest BCUT2D eigenvalue weighted by Crippen LogP contribution is -2.63. The summed E-state index contributed by atoms with van der Waals surface area (Å²) in [5.74, 6) is -1.68. The molecule has 140 heavy (non-hydrogen) atoms. The SMILES string of the molecule is CC1(C)C(=O)N(c2ccc3c(c2)nc(NC(=O)c2cccc(C(F)F)c2)n3CCCO)CCN1CCO.CC1(C)COC(=O)N1c1ccc2c(c1)nc(NC(=O)c1cccc(C(F)F)c1)n2CCCO.O=C(Nc1nc2cc(-n3ccccc3=O)ccc2n1CCCO)c1cccc(C(F)F)c1.O=C(Nc1nc2cc(N3C(=O)CN(C4CC4)CC34CC4)ccc2n1CCCO)c1cccc(C(F)(F)F)c1. The van der Waals surface area contributed by atoms with E-state index in [0.717, 1.165) is 68.2 Å². The standard InChI is InChI=1S/C27H28F3N5O3.C26H31F2N5O4.C23H24F2N4O4.C23H20F2N4O3/c28-27(29,30)18-4-1-3-17(13-18)24(38)32-25-31-21-14-20(7-8-22(21)34(25)11-2-12-36)35-23(37)15-33(19-5-6-19)16-26(35)9-10-26;1-26(2)24(37)32(11-10-31(26)12-14-35)19-7-8-21-20(16-19)29-25(33(21)9-4-13-34)30-23(36)18-6-3-5-17(15-18)22(27)28;1-23(2)13-33-22(32)29(23)16-7-8-18-17(12-16)26-21(28(18)9-4-10-30)27-20(31)15-6-3-5-14(11-15)19(24)25;24-21(25)15-5-3-6-16(13-15)22(32)27-23-26-18-14-17(28-10-2-1-7-20(28)31)8-9-19(18)29(23)11-4-12-30/h1,3-4,7-8,13-14,19,36H,2,5-6,9-12,15-16H2,(H,31,32,38);3,5-8,15-16,22,34-35H,4,9-14H2,1-2H3,(H,29,30,36);3,5-8,11-12,19,30H,4,9-10,13H2,1-2H3,(H,26,27,31);1-3,5-10,13-14,21,30H,4,11-12H2,(H,26,27,32). The van der Waals surface area contributed by atoms with E-state index in [0.29, 0.717) is 145 Å². The smallest absolute Gasteiger partial charge is 0.416 e. The lowest BCUT2D eigenvalue weighted by molar-refractivity contribution is -0.137. The minimum absolute atomic E-state index is 0.0329. The number of rotatable bonds is 30. The molecule has 32 nitrogen and oxygen atoms in total. The highest BCUT2D eigenvalue weighted by Gasteiger charge is 2.56. The number of carbonyl (C=O) groups is 7. The highest BCUT2D eigenvalue weighted by molar-refractivity contribution is 6.08. The fourth-order valence-electron chi connectivity index (χ4n) is 17.4. The largest absolute Gasteiger partial charge is 0.447 e. The summed E-state index contributed by atoms with van der Waals surface area (Å²) in [6.07, 6.45) is -5.60. The molecule has 0 radical (unpaired) electrons. The number of aliphatic hydroxyl groups excluding tert-OH is 5. The summed E-state index contributed by atoms with van der Waals surface area (Å²) < 4.78 is 131. The number of β-amino-alcohol motifs (C(OH)–C–C–N with tert-alkyl or cyclic N) is 1. The van der Waals surface area contributed by atoms with Gasteiger partial charge in [0, 0.05) is 147 Å². The third-order valence-electron chi connectivity index (χ3n) is 24.9. The molecule has 5 aliphatic rings. The Morgan fingerprint density at radius 2 is 0.843 bits per heavy atom. The fraction of sp³-hybridized carbons (Fsp3) is 0.354. The molecule has 0 unspecified atom stereocenters. The number of hydrogen-bond acceptors (Lipinski definition) is 20. The van der Waals surface area contributed by atoms with E-state index in [2.05, 4.69) is 46.1 Å². The number of aromatic nitrogens is 9. The molecule has 3 aliphatic heterocycles. The van der Waals surface area contributed by atoms with Crippen molar-refractivity contribution in [2.45, 2.75) is 153 Å². The summed E-state index contributed by atoms with van der Waals surface area (Å²) in [5.41, 5.74) is 4.26. The van der Waals surface area contributed by atoms with Gasteiger partial charge in [0.25, 0.3) is 48.5 Å². The maximum absolute atomic E-state index is 13.3. The molecule has 41 heteroatoms. The van der Waals surface area contributed by atoms with Crippen molar-refractivity contribution in [1.29, 1.82) is 0 Å². The first-order valence-corrected chi connectivity index (χ1v) is 45.5. The number of halogens is 9. The second-order valence-corrected chi connectivity index (χ2v) is 35.4. The van der Waals surface area contributed by atoms with Crippen LogP contribution in [0.5, 0.6) is 0 Å². The average molecular weight is 1940 g/mol. The van der Waals surface area contributed by atoms with Crippen LogP contribution in [-0.4, -0.2) is 215 Å². The molecule has 5 aromatic heterocycles. The normalized spacial score (nSPS) is 15.7. The van der Waals surface area contributed by atoms with E-state index in [1.165, 1.54) is 77.4 Å². The number of carbonyl (C=O) groups excluding carboxylic acids is 7. The number of amides is 7. The molecule has 18 rings (SSSR count). The molecule has 2 saturated carbocycles. The topological polar surface area (TPSA) is 387 Å². The summed E-state index contributed by atoms with van der Waals surface area (Å²) in [4.78, 5) is 130. The van der Waals surface area contributed by atoms with Gasteiger partial charge in [0.1, 0.15) is 6.61 Å². The quantitative estimate of drug-likeness (QED) is 0.0189. The highest BCUT2D eigenvalue weighted by Crippen LogP contribution is 2.50. The maximum Gasteiger partial charge on any atom is 0.416 e. The molecule has 9 N–H and O–H groups in total. The van der Waals surface area contributed by atoms with Crippen LogP contribution in [0.15, 0.2) is 199 Å². The van der Waals surface area contributed by atoms with E-state index in [-0.39, 0.29) is 125 Å². The summed E-state index contributed by atoms with van der Waals surface area (Å²) in [6, 6.07) is 46.8. The van der Waals surface area contributed by atoms with Crippen molar-refractivity contribution in [2.24, 2.45) is 0 Å². The van der Waals surface area contributed by atoms with Crippen LogP contribution in [0.25, 0.3) is 49.8 Å². The van der Waals surface area contributed by atoms with Crippen LogP contribution < -0.4 is 41.5 Å². The van der Waals surface area contributed by atoms with E-state index in [1.54, 1.807) is 88.9 Å². The first-order valence-electron chi connectivity index (χ1n) is 45.5. The van der Waals surface area contributed by atoms with Crippen molar-refractivity contribution in [2.75, 3.05) is 108 Å². The number of hydrogen-bond donors (Lipinski definition) is 9. The van der Waals surface area contributed by atoms with Crippen molar-refractivity contribution in [1.82, 2.24) is 52.6 Å². The number of imidazole rings is 4. The number of piperazine rings is 2. The summed E-state index contributed by atoms with van der Waals surface area (Å²) >= 11 is 0. The number of fused-ring (bicyclic) bond motifs is 4. The van der Waals surface area contributed by atoms with Crippen LogP contribution in [0.1, 0.15) is 162 Å². The van der Waals surface area contributed by atoms with Gasteiger partial charge in [-0.25, -0.2) is 51.1 Å². The minimum Gasteiger partial charge on any atom is -0.447 e. The average Bonchev–Trinajstić information content (AvgIpc) is 1.56. The van der Waals surface area contributed by atoms with Gasteiger partial charge in [-0.15, -0.1) is 0 Å². The summed E-state index contributed by atoms with van der Waals surface area (Å²) in [7, 11) is 0. The molecule has 3 saturated heterocycles. The van der Waals surface area contributed by atoms with Crippen LogP contribution >= 0.6 is 0 Å². The van der Waals surface area contributed by atoms with Gasteiger partial charge >= 0.3 is 12.3 Å². The molecule has 5 fully saturated rings. The van der Waals surface area contributed by atoms with Gasteiger partial charge in [0.2, 0.25) is 35.6 Å². The Hall–Kier alpha value is -14.2. The second kappa shape index (κ2) is 42.6. The van der Waals surface area contributed by atoms with Crippen LogP contribution in [0.4, 0.5) is 85.2 Å². The molecular formula is C99H103F9N18O14. The summed E-state index contributed by atoms with van der Waals surface area (Å²) in [6.45, 7) is 11.6. The number of nitrogens with one attached hydrogen (secondary N) is 4. The van der Waals surface area contributed by atoms with E-state index in [4.69, 9.17) is 4.74 Å². The molecule has 736 valence electrons. The zero-order valence-corrected chi connectivity index (χ0v) is 76.6. The van der Waals surface area contributed by atoms with Gasteiger partial charge in [-0.3, -0.25) is 74.1 Å². The lowest BCUT2D eigenvalue weighted by Gasteiger charge is -2.45. The van der Waals surface area contributed by atoms with Crippen molar-refractivity contribution in [3.8, 4) is 5.69 Å². The van der Waals surface area contributed by atoms with Crippen LogP contribution in [0.2, 0.25) is 0 Å². The Bertz CT molecular complexity index is 6850. The number of cyclic esters (lactones) is 1. The molecule has 7 amide bonds. The fourth-order valence-corrected chi connectivity index (χ4v) is 17.4. The van der Waals surface area contributed by atoms with Crippen molar-refractivity contribution >= 4 is 127 Å². The number of benzene rings is 8. The van der Waals surface area contributed by atoms with Crippen molar-refractivity contribution < 1.29 is 103 Å². The number of alkyl halides is 9.